The highest BCUT2D eigenvalue weighted by Crippen LogP contribution is 2.00. The maximum Gasteiger partial charge on any atom is 0.338 e. The molecule has 0 bridgehead atoms. The number of rotatable bonds is 8. The van der Waals surface area contributed by atoms with Gasteiger partial charge in [0.25, 0.3) is 0 Å². The lowest BCUT2D eigenvalue weighted by molar-refractivity contribution is -0.157. The fraction of sp³-hybridized carbons (Fsp3) is 0.583. The molecule has 0 aliphatic carbocycles. The van der Waals surface area contributed by atoms with Gasteiger partial charge in [-0.05, 0) is 12.8 Å². The predicted octanol–water partition coefficient (Wildman–Crippen LogP) is 2.06. The molecule has 0 fully saturated rings. The third-order valence-corrected chi connectivity index (χ3v) is 1.99. The van der Waals surface area contributed by atoms with Crippen molar-refractivity contribution in [1.82, 2.24) is 0 Å². The molecular weight excluding hydrogens is 224 g/mol. The zero-order chi connectivity index (χ0) is 13.1. The molecule has 0 aliphatic rings. The largest absolute Gasteiger partial charge is 0.481 e. The van der Waals surface area contributed by atoms with Gasteiger partial charge < -0.3 is 9.84 Å². The number of ether oxygens (including phenoxy) is 1. The van der Waals surface area contributed by atoms with E-state index in [0.29, 0.717) is 0 Å². The van der Waals surface area contributed by atoms with Crippen molar-refractivity contribution >= 4 is 17.9 Å². The van der Waals surface area contributed by atoms with Gasteiger partial charge in [0.1, 0.15) is 0 Å². The van der Waals surface area contributed by atoms with Crippen LogP contribution in [0, 0.1) is 0 Å². The minimum Gasteiger partial charge on any atom is -0.481 e. The van der Waals surface area contributed by atoms with Crippen LogP contribution in [0.25, 0.3) is 0 Å². The van der Waals surface area contributed by atoms with Crippen LogP contribution in [-0.2, 0) is 19.1 Å². The van der Waals surface area contributed by atoms with E-state index < -0.39 is 17.9 Å². The summed E-state index contributed by atoms with van der Waals surface area (Å²) >= 11 is 0. The Hall–Kier alpha value is -1.65. The van der Waals surface area contributed by atoms with E-state index in [4.69, 9.17) is 5.11 Å². The fourth-order valence-electron chi connectivity index (χ4n) is 1.10. The zero-order valence-corrected chi connectivity index (χ0v) is 9.98. The van der Waals surface area contributed by atoms with Crippen LogP contribution in [0.1, 0.15) is 45.4 Å². The average Bonchev–Trinajstić information content (AvgIpc) is 2.26. The van der Waals surface area contributed by atoms with Crippen LogP contribution >= 0.6 is 0 Å². The summed E-state index contributed by atoms with van der Waals surface area (Å²) in [5, 5.41) is 8.31. The van der Waals surface area contributed by atoms with Gasteiger partial charge in [-0.3, -0.25) is 9.59 Å². The van der Waals surface area contributed by atoms with Gasteiger partial charge in [-0.1, -0.05) is 25.8 Å². The minimum atomic E-state index is -1.09. The summed E-state index contributed by atoms with van der Waals surface area (Å²) in [7, 11) is 0. The van der Waals surface area contributed by atoms with Gasteiger partial charge in [-0.2, -0.15) is 0 Å². The SMILES string of the molecule is CCCCCC=CC(=O)OC(=O)CCC(=O)O. The Kier molecular flexibility index (Phi) is 8.64. The third-order valence-electron chi connectivity index (χ3n) is 1.99. The molecule has 0 aliphatic heterocycles. The topological polar surface area (TPSA) is 80.7 Å². The Morgan fingerprint density at radius 1 is 1.18 bits per heavy atom. The van der Waals surface area contributed by atoms with E-state index in [1.807, 2.05) is 0 Å². The Labute approximate surface area is 100 Å². The molecule has 0 spiro atoms. The lowest BCUT2D eigenvalue weighted by atomic mass is 10.2. The minimum absolute atomic E-state index is 0.287. The molecule has 0 amide bonds. The first-order valence-corrected chi connectivity index (χ1v) is 5.69. The summed E-state index contributed by atoms with van der Waals surface area (Å²) in [6, 6.07) is 0. The van der Waals surface area contributed by atoms with E-state index in [9.17, 15) is 14.4 Å². The number of carboxylic acids is 1. The fourth-order valence-corrected chi connectivity index (χ4v) is 1.10. The van der Waals surface area contributed by atoms with Crippen molar-refractivity contribution in [2.75, 3.05) is 0 Å². The van der Waals surface area contributed by atoms with Crippen molar-refractivity contribution in [3.63, 3.8) is 0 Å². The predicted molar refractivity (Wildman–Crippen MR) is 61.3 cm³/mol. The van der Waals surface area contributed by atoms with E-state index in [0.717, 1.165) is 25.7 Å². The molecule has 0 aromatic rings. The zero-order valence-electron chi connectivity index (χ0n) is 9.98. The third kappa shape index (κ3) is 10.6. The summed E-state index contributed by atoms with van der Waals surface area (Å²) in [4.78, 5) is 32.2. The first-order valence-electron chi connectivity index (χ1n) is 5.69. The van der Waals surface area contributed by atoms with Crippen LogP contribution in [-0.4, -0.2) is 23.0 Å². The number of unbranched alkanes of at least 4 members (excludes halogenated alkanes) is 3. The maximum atomic E-state index is 11.1. The van der Waals surface area contributed by atoms with Gasteiger partial charge >= 0.3 is 17.9 Å². The highest BCUT2D eigenvalue weighted by atomic mass is 16.6. The Balaban J connectivity index is 3.70. The Bertz CT molecular complexity index is 293. The molecule has 0 unspecified atom stereocenters. The maximum absolute atomic E-state index is 11.1. The second-order valence-electron chi connectivity index (χ2n) is 3.58. The van der Waals surface area contributed by atoms with Crippen molar-refractivity contribution in [3.05, 3.63) is 12.2 Å². The molecule has 0 heterocycles. The van der Waals surface area contributed by atoms with Gasteiger partial charge in [0.05, 0.1) is 12.8 Å². The molecule has 17 heavy (non-hydrogen) atoms. The average molecular weight is 242 g/mol. The lowest BCUT2D eigenvalue weighted by Crippen LogP contribution is -2.11. The molecule has 0 radical (unpaired) electrons. The summed E-state index contributed by atoms with van der Waals surface area (Å²) < 4.78 is 4.38. The number of aliphatic carboxylic acids is 1. The standard InChI is InChI=1S/C12H18O5/c1-2-3-4-5-6-7-11(15)17-12(16)9-8-10(13)14/h6-7H,2-5,8-9H2,1H3,(H,13,14). The number of allylic oxidation sites excluding steroid dienone is 1. The summed E-state index contributed by atoms with van der Waals surface area (Å²) in [6.45, 7) is 2.08. The van der Waals surface area contributed by atoms with Crippen molar-refractivity contribution in [2.24, 2.45) is 0 Å². The number of hydrogen-bond donors (Lipinski definition) is 1. The second-order valence-corrected chi connectivity index (χ2v) is 3.58. The van der Waals surface area contributed by atoms with Crippen LogP contribution in [0.15, 0.2) is 12.2 Å². The van der Waals surface area contributed by atoms with E-state index >= 15 is 0 Å². The molecule has 5 nitrogen and oxygen atoms in total. The van der Waals surface area contributed by atoms with Crippen molar-refractivity contribution < 1.29 is 24.2 Å². The van der Waals surface area contributed by atoms with Crippen LogP contribution < -0.4 is 0 Å². The number of esters is 2. The van der Waals surface area contributed by atoms with Gasteiger partial charge in [-0.25, -0.2) is 4.79 Å². The molecule has 96 valence electrons. The monoisotopic (exact) mass is 242 g/mol. The van der Waals surface area contributed by atoms with E-state index in [1.165, 1.54) is 6.08 Å². The number of carbonyl (C=O) groups is 3. The van der Waals surface area contributed by atoms with E-state index in [-0.39, 0.29) is 12.8 Å². The van der Waals surface area contributed by atoms with Gasteiger partial charge in [0.15, 0.2) is 0 Å². The molecule has 0 saturated carbocycles. The van der Waals surface area contributed by atoms with Gasteiger partial charge in [0, 0.05) is 6.08 Å². The number of carbonyl (C=O) groups excluding carboxylic acids is 2. The first kappa shape index (κ1) is 15.3. The smallest absolute Gasteiger partial charge is 0.338 e. The summed E-state index contributed by atoms with van der Waals surface area (Å²) in [5.74, 6) is -2.64. The molecule has 1 N–H and O–H groups in total. The number of carboxylic acid groups (broad SMARTS) is 1. The van der Waals surface area contributed by atoms with E-state index in [1.54, 1.807) is 6.08 Å². The highest BCUT2D eigenvalue weighted by molar-refractivity contribution is 5.92. The van der Waals surface area contributed by atoms with Crippen LogP contribution in [0.4, 0.5) is 0 Å². The molecule has 5 heteroatoms. The van der Waals surface area contributed by atoms with Crippen LogP contribution in [0.2, 0.25) is 0 Å². The lowest BCUT2D eigenvalue weighted by Gasteiger charge is -1.97. The first-order chi connectivity index (χ1) is 8.06. The molecule has 0 rings (SSSR count). The Morgan fingerprint density at radius 3 is 2.47 bits per heavy atom. The quantitative estimate of drug-likeness (QED) is 0.305. The summed E-state index contributed by atoms with van der Waals surface area (Å²) in [6.07, 6.45) is 6.20. The second kappa shape index (κ2) is 9.57. The molecule has 0 atom stereocenters. The van der Waals surface area contributed by atoms with Crippen molar-refractivity contribution in [3.8, 4) is 0 Å². The number of hydrogen-bond acceptors (Lipinski definition) is 4. The highest BCUT2D eigenvalue weighted by Gasteiger charge is 2.09. The molecule has 0 aromatic heterocycles. The van der Waals surface area contributed by atoms with Crippen molar-refractivity contribution in [1.29, 1.82) is 0 Å². The van der Waals surface area contributed by atoms with E-state index in [2.05, 4.69) is 11.7 Å². The summed E-state index contributed by atoms with van der Waals surface area (Å²) in [5.41, 5.74) is 0. The van der Waals surface area contributed by atoms with Gasteiger partial charge in [0.2, 0.25) is 0 Å². The van der Waals surface area contributed by atoms with Crippen LogP contribution in [0.5, 0.6) is 0 Å². The van der Waals surface area contributed by atoms with Crippen LogP contribution in [0.3, 0.4) is 0 Å². The molecule has 0 aromatic carbocycles. The molecular formula is C12H18O5. The van der Waals surface area contributed by atoms with Gasteiger partial charge in [-0.15, -0.1) is 0 Å². The normalized spacial score (nSPS) is 10.4. The Morgan fingerprint density at radius 2 is 1.88 bits per heavy atom. The molecule has 0 saturated heterocycles. The van der Waals surface area contributed by atoms with Crippen molar-refractivity contribution in [2.45, 2.75) is 45.4 Å².